The molecule has 1 aliphatic rings. The highest BCUT2D eigenvalue weighted by molar-refractivity contribution is 9.10. The van der Waals surface area contributed by atoms with Crippen molar-refractivity contribution < 1.29 is 0 Å². The van der Waals surface area contributed by atoms with Crippen LogP contribution in [0.25, 0.3) is 0 Å². The van der Waals surface area contributed by atoms with Gasteiger partial charge in [0.05, 0.1) is 0 Å². The maximum atomic E-state index is 5.76. The van der Waals surface area contributed by atoms with E-state index < -0.39 is 0 Å². The average molecular weight is 314 g/mol. The molecule has 2 N–H and O–H groups in total. The Labute approximate surface area is 117 Å². The minimum Gasteiger partial charge on any atom is -0.399 e. The van der Waals surface area contributed by atoms with E-state index in [0.717, 1.165) is 21.3 Å². The summed E-state index contributed by atoms with van der Waals surface area (Å²) >= 11 is 5.61. The number of rotatable bonds is 3. The topological polar surface area (TPSA) is 26.0 Å². The van der Waals surface area contributed by atoms with Gasteiger partial charge in [0.2, 0.25) is 0 Å². The number of anilines is 1. The molecule has 0 heterocycles. The molecule has 1 aromatic rings. The molecule has 2 rings (SSSR count). The molecule has 0 aromatic heterocycles. The van der Waals surface area contributed by atoms with Crippen LogP contribution in [0.4, 0.5) is 5.69 Å². The normalized spacial score (nSPS) is 24.8. The van der Waals surface area contributed by atoms with Crippen LogP contribution in [0.3, 0.4) is 0 Å². The Morgan fingerprint density at radius 1 is 1.29 bits per heavy atom. The second kappa shape index (κ2) is 6.14. The van der Waals surface area contributed by atoms with E-state index in [0.29, 0.717) is 0 Å². The molecule has 0 atom stereocenters. The van der Waals surface area contributed by atoms with Gasteiger partial charge in [-0.05, 0) is 65.7 Å². The lowest BCUT2D eigenvalue weighted by molar-refractivity contribution is 0.356. The Kier molecular flexibility index (Phi) is 4.80. The zero-order valence-corrected chi connectivity index (χ0v) is 12.7. The molecule has 0 radical (unpaired) electrons. The predicted molar refractivity (Wildman–Crippen MR) is 80.4 cm³/mol. The van der Waals surface area contributed by atoms with Crippen LogP contribution in [0.2, 0.25) is 0 Å². The van der Waals surface area contributed by atoms with Crippen molar-refractivity contribution in [1.82, 2.24) is 0 Å². The fraction of sp³-hybridized carbons (Fsp3) is 0.571. The van der Waals surface area contributed by atoms with Crippen molar-refractivity contribution in [1.29, 1.82) is 0 Å². The number of nitrogens with two attached hydrogens (primary N) is 1. The number of hydrogen-bond donors (Lipinski definition) is 1. The average Bonchev–Trinajstić information content (AvgIpc) is 2.34. The molecule has 94 valence electrons. The summed E-state index contributed by atoms with van der Waals surface area (Å²) in [4.78, 5) is 1.33. The molecule has 0 spiro atoms. The highest BCUT2D eigenvalue weighted by atomic mass is 79.9. The largest absolute Gasteiger partial charge is 0.399 e. The third-order valence-electron chi connectivity index (χ3n) is 3.62. The van der Waals surface area contributed by atoms with E-state index in [-0.39, 0.29) is 0 Å². The standard InChI is InChI=1S/C14H20BrNS/c1-2-10-3-6-12(7-4-10)17-14-8-5-11(16)9-13(14)15/h5,8-10,12H,2-4,6-7,16H2,1H3. The lowest BCUT2D eigenvalue weighted by atomic mass is 9.87. The van der Waals surface area contributed by atoms with Crippen LogP contribution in [0.1, 0.15) is 39.0 Å². The van der Waals surface area contributed by atoms with E-state index in [9.17, 15) is 0 Å². The minimum atomic E-state index is 0.790. The molecule has 0 bridgehead atoms. The Bertz CT molecular complexity index is 372. The molecule has 1 saturated carbocycles. The molecule has 1 aromatic carbocycles. The van der Waals surface area contributed by atoms with Gasteiger partial charge in [-0.2, -0.15) is 0 Å². The van der Waals surface area contributed by atoms with E-state index >= 15 is 0 Å². The van der Waals surface area contributed by atoms with Crippen LogP contribution in [-0.4, -0.2) is 5.25 Å². The summed E-state index contributed by atoms with van der Waals surface area (Å²) in [7, 11) is 0. The summed E-state index contributed by atoms with van der Waals surface area (Å²) in [5.41, 5.74) is 6.59. The molecule has 1 fully saturated rings. The third kappa shape index (κ3) is 3.65. The molecular formula is C14H20BrNS. The first-order chi connectivity index (χ1) is 8.19. The third-order valence-corrected chi connectivity index (χ3v) is 5.95. The molecule has 0 aliphatic heterocycles. The van der Waals surface area contributed by atoms with Gasteiger partial charge in [-0.25, -0.2) is 0 Å². The van der Waals surface area contributed by atoms with Gasteiger partial charge in [0.15, 0.2) is 0 Å². The van der Waals surface area contributed by atoms with Crippen molar-refractivity contribution >= 4 is 33.4 Å². The van der Waals surface area contributed by atoms with Crippen LogP contribution in [-0.2, 0) is 0 Å². The molecule has 1 aliphatic carbocycles. The smallest absolute Gasteiger partial charge is 0.0331 e. The van der Waals surface area contributed by atoms with Gasteiger partial charge in [0.1, 0.15) is 0 Å². The monoisotopic (exact) mass is 313 g/mol. The van der Waals surface area contributed by atoms with Crippen LogP contribution in [0.5, 0.6) is 0 Å². The van der Waals surface area contributed by atoms with Gasteiger partial charge in [-0.3, -0.25) is 0 Å². The van der Waals surface area contributed by atoms with Crippen LogP contribution < -0.4 is 5.73 Å². The number of thioether (sulfide) groups is 1. The Balaban J connectivity index is 1.93. The molecule has 0 amide bonds. The Morgan fingerprint density at radius 2 is 2.00 bits per heavy atom. The summed E-state index contributed by atoms with van der Waals surface area (Å²) in [6.07, 6.45) is 6.88. The minimum absolute atomic E-state index is 0.790. The van der Waals surface area contributed by atoms with Gasteiger partial charge >= 0.3 is 0 Å². The predicted octanol–water partition coefficient (Wildman–Crippen LogP) is 5.09. The SMILES string of the molecule is CCC1CCC(Sc2ccc(N)cc2Br)CC1. The summed E-state index contributed by atoms with van der Waals surface area (Å²) in [6.45, 7) is 2.31. The number of benzene rings is 1. The summed E-state index contributed by atoms with van der Waals surface area (Å²) < 4.78 is 1.14. The van der Waals surface area contributed by atoms with Crippen LogP contribution >= 0.6 is 27.7 Å². The summed E-state index contributed by atoms with van der Waals surface area (Å²) in [6, 6.07) is 6.13. The van der Waals surface area contributed by atoms with Crippen molar-refractivity contribution in [2.75, 3.05) is 5.73 Å². The zero-order chi connectivity index (χ0) is 12.3. The second-order valence-corrected chi connectivity index (χ2v) is 7.06. The fourth-order valence-corrected chi connectivity index (χ4v) is 4.31. The van der Waals surface area contributed by atoms with E-state index in [1.54, 1.807) is 0 Å². The molecule has 0 saturated heterocycles. The fourth-order valence-electron chi connectivity index (χ4n) is 2.45. The Morgan fingerprint density at radius 3 is 2.59 bits per heavy atom. The van der Waals surface area contributed by atoms with Crippen molar-refractivity contribution in [2.45, 2.75) is 49.2 Å². The highest BCUT2D eigenvalue weighted by Crippen LogP contribution is 2.39. The Hall–Kier alpha value is -0.150. The first-order valence-corrected chi connectivity index (χ1v) is 8.08. The second-order valence-electron chi connectivity index (χ2n) is 4.86. The number of halogens is 1. The van der Waals surface area contributed by atoms with Gasteiger partial charge < -0.3 is 5.73 Å². The van der Waals surface area contributed by atoms with Gasteiger partial charge in [-0.1, -0.05) is 13.3 Å². The lowest BCUT2D eigenvalue weighted by Crippen LogP contribution is -2.15. The first-order valence-electron chi connectivity index (χ1n) is 6.40. The van der Waals surface area contributed by atoms with Crippen molar-refractivity contribution in [3.63, 3.8) is 0 Å². The van der Waals surface area contributed by atoms with Gasteiger partial charge in [0.25, 0.3) is 0 Å². The van der Waals surface area contributed by atoms with Crippen molar-refractivity contribution in [3.05, 3.63) is 22.7 Å². The van der Waals surface area contributed by atoms with E-state index in [2.05, 4.69) is 28.9 Å². The molecule has 1 nitrogen and oxygen atoms in total. The van der Waals surface area contributed by atoms with Crippen molar-refractivity contribution in [3.8, 4) is 0 Å². The van der Waals surface area contributed by atoms with E-state index in [1.807, 2.05) is 23.9 Å². The molecule has 17 heavy (non-hydrogen) atoms. The maximum Gasteiger partial charge on any atom is 0.0331 e. The zero-order valence-electron chi connectivity index (χ0n) is 10.3. The number of hydrogen-bond acceptors (Lipinski definition) is 2. The molecule has 3 heteroatoms. The van der Waals surface area contributed by atoms with Gasteiger partial charge in [0, 0.05) is 20.3 Å². The maximum absolute atomic E-state index is 5.76. The summed E-state index contributed by atoms with van der Waals surface area (Å²) in [5, 5.41) is 0.790. The first kappa shape index (κ1) is 13.3. The highest BCUT2D eigenvalue weighted by Gasteiger charge is 2.21. The van der Waals surface area contributed by atoms with Crippen LogP contribution in [0.15, 0.2) is 27.6 Å². The summed E-state index contributed by atoms with van der Waals surface area (Å²) in [5.74, 6) is 0.974. The quantitative estimate of drug-likeness (QED) is 0.786. The molecular weight excluding hydrogens is 294 g/mol. The molecule has 0 unspecified atom stereocenters. The van der Waals surface area contributed by atoms with E-state index in [1.165, 1.54) is 37.0 Å². The van der Waals surface area contributed by atoms with E-state index in [4.69, 9.17) is 5.73 Å². The lowest BCUT2D eigenvalue weighted by Gasteiger charge is -2.27. The van der Waals surface area contributed by atoms with Crippen LogP contribution in [0, 0.1) is 5.92 Å². The van der Waals surface area contributed by atoms with Crippen molar-refractivity contribution in [2.24, 2.45) is 5.92 Å². The van der Waals surface area contributed by atoms with Gasteiger partial charge in [-0.15, -0.1) is 11.8 Å². The number of nitrogen functional groups attached to an aromatic ring is 1.